The van der Waals surface area contributed by atoms with E-state index in [0.29, 0.717) is 6.54 Å². The Labute approximate surface area is 119 Å². The van der Waals surface area contributed by atoms with Crippen LogP contribution >= 0.6 is 0 Å². The molecule has 2 rings (SSSR count). The third-order valence-electron chi connectivity index (χ3n) is 2.94. The van der Waals surface area contributed by atoms with Crippen molar-refractivity contribution in [2.24, 2.45) is 0 Å². The monoisotopic (exact) mass is 267 g/mol. The number of benzene rings is 2. The molecular weight excluding hydrogens is 250 g/mol. The van der Waals surface area contributed by atoms with E-state index < -0.39 is 0 Å². The zero-order valence-corrected chi connectivity index (χ0v) is 11.2. The number of ether oxygens (including phenoxy) is 1. The van der Waals surface area contributed by atoms with Crippen molar-refractivity contribution >= 4 is 5.69 Å². The molecule has 0 aliphatic heterocycles. The summed E-state index contributed by atoms with van der Waals surface area (Å²) in [6.45, 7) is 0.875. The van der Waals surface area contributed by atoms with Crippen LogP contribution in [0.15, 0.2) is 48.5 Å². The number of rotatable bonds is 6. The van der Waals surface area contributed by atoms with Crippen molar-refractivity contribution in [3.63, 3.8) is 0 Å². The molecule has 0 amide bonds. The molecule has 0 spiro atoms. The second-order valence-electron chi connectivity index (χ2n) is 4.27. The number of hydrogen-bond acceptors (Lipinski definition) is 3. The fourth-order valence-electron chi connectivity index (χ4n) is 1.93. The minimum atomic E-state index is 0.0123. The first-order valence-electron chi connectivity index (χ1n) is 6.42. The van der Waals surface area contributed by atoms with Crippen LogP contribution in [0.5, 0.6) is 5.75 Å². The number of terminal acetylenes is 1. The van der Waals surface area contributed by atoms with Crippen molar-refractivity contribution in [3.05, 3.63) is 59.7 Å². The van der Waals surface area contributed by atoms with Gasteiger partial charge in [0, 0.05) is 23.4 Å². The molecule has 3 heteroatoms. The Kier molecular flexibility index (Phi) is 5.05. The van der Waals surface area contributed by atoms with Crippen LogP contribution in [0.25, 0.3) is 0 Å². The second-order valence-corrected chi connectivity index (χ2v) is 4.27. The summed E-state index contributed by atoms with van der Waals surface area (Å²) in [6, 6.07) is 15.4. The van der Waals surface area contributed by atoms with Gasteiger partial charge in [-0.2, -0.15) is 0 Å². The van der Waals surface area contributed by atoms with E-state index in [-0.39, 0.29) is 13.2 Å². The summed E-state index contributed by atoms with van der Waals surface area (Å²) >= 11 is 0. The van der Waals surface area contributed by atoms with Crippen molar-refractivity contribution in [1.29, 1.82) is 0 Å². The third-order valence-corrected chi connectivity index (χ3v) is 2.94. The van der Waals surface area contributed by atoms with Gasteiger partial charge in [0.15, 0.2) is 0 Å². The summed E-state index contributed by atoms with van der Waals surface area (Å²) in [7, 11) is 0. The molecule has 3 nitrogen and oxygen atoms in total. The lowest BCUT2D eigenvalue weighted by Gasteiger charge is -2.13. The van der Waals surface area contributed by atoms with Gasteiger partial charge in [0.05, 0.1) is 6.61 Å². The molecule has 0 heterocycles. The summed E-state index contributed by atoms with van der Waals surface area (Å²) in [4.78, 5) is 0. The van der Waals surface area contributed by atoms with Crippen LogP contribution in [0.1, 0.15) is 11.1 Å². The van der Waals surface area contributed by atoms with Gasteiger partial charge in [-0.15, -0.1) is 6.42 Å². The smallest absolute Gasteiger partial charge is 0.148 e. The average molecular weight is 267 g/mol. The van der Waals surface area contributed by atoms with Crippen LogP contribution in [0.2, 0.25) is 0 Å². The van der Waals surface area contributed by atoms with E-state index in [9.17, 15) is 5.11 Å². The first-order valence-corrected chi connectivity index (χ1v) is 6.42. The molecule has 2 aromatic carbocycles. The summed E-state index contributed by atoms with van der Waals surface area (Å²) in [6.07, 6.45) is 5.21. The Bertz CT molecular complexity index is 602. The SMILES string of the molecule is C#CCOc1ccccc1CNc1ccccc1CO. The van der Waals surface area contributed by atoms with Gasteiger partial charge in [-0.05, 0) is 12.1 Å². The number of aliphatic hydroxyl groups excluding tert-OH is 1. The Morgan fingerprint density at radius 3 is 2.50 bits per heavy atom. The lowest BCUT2D eigenvalue weighted by Crippen LogP contribution is -2.05. The highest BCUT2D eigenvalue weighted by molar-refractivity contribution is 5.51. The van der Waals surface area contributed by atoms with Crippen LogP contribution < -0.4 is 10.1 Å². The van der Waals surface area contributed by atoms with Crippen LogP contribution in [-0.2, 0) is 13.2 Å². The van der Waals surface area contributed by atoms with Gasteiger partial charge in [0.25, 0.3) is 0 Å². The first-order chi connectivity index (χ1) is 9.85. The summed E-state index contributed by atoms with van der Waals surface area (Å²) in [5.74, 6) is 3.24. The summed E-state index contributed by atoms with van der Waals surface area (Å²) < 4.78 is 5.51. The van der Waals surface area contributed by atoms with Crippen LogP contribution in [0.4, 0.5) is 5.69 Å². The van der Waals surface area contributed by atoms with E-state index in [2.05, 4.69) is 11.2 Å². The number of aliphatic hydroxyl groups is 1. The molecule has 0 atom stereocenters. The first kappa shape index (κ1) is 14.0. The number of para-hydroxylation sites is 2. The maximum atomic E-state index is 9.30. The minimum Gasteiger partial charge on any atom is -0.481 e. The number of hydrogen-bond donors (Lipinski definition) is 2. The fourth-order valence-corrected chi connectivity index (χ4v) is 1.93. The zero-order chi connectivity index (χ0) is 14.2. The lowest BCUT2D eigenvalue weighted by molar-refractivity contribution is 0.282. The Balaban J connectivity index is 2.09. The molecule has 0 bridgehead atoms. The van der Waals surface area contributed by atoms with Gasteiger partial charge in [-0.25, -0.2) is 0 Å². The van der Waals surface area contributed by atoms with Gasteiger partial charge in [0.2, 0.25) is 0 Å². The lowest BCUT2D eigenvalue weighted by atomic mass is 10.1. The molecule has 0 fully saturated rings. The van der Waals surface area contributed by atoms with E-state index in [1.165, 1.54) is 0 Å². The molecule has 0 saturated carbocycles. The topological polar surface area (TPSA) is 41.5 Å². The molecule has 0 radical (unpaired) electrons. The molecule has 20 heavy (non-hydrogen) atoms. The Hall–Kier alpha value is -2.44. The minimum absolute atomic E-state index is 0.0123. The highest BCUT2D eigenvalue weighted by Gasteiger charge is 2.04. The number of nitrogens with one attached hydrogen (secondary N) is 1. The van der Waals surface area contributed by atoms with E-state index in [1.54, 1.807) is 0 Å². The van der Waals surface area contributed by atoms with E-state index in [1.807, 2.05) is 48.5 Å². The van der Waals surface area contributed by atoms with Crippen LogP contribution in [0, 0.1) is 12.3 Å². The van der Waals surface area contributed by atoms with Crippen molar-refractivity contribution in [1.82, 2.24) is 0 Å². The predicted molar refractivity (Wildman–Crippen MR) is 80.5 cm³/mol. The molecule has 2 N–H and O–H groups in total. The van der Waals surface area contributed by atoms with Gasteiger partial charge in [0.1, 0.15) is 12.4 Å². The normalized spacial score (nSPS) is 9.80. The molecule has 0 aromatic heterocycles. The van der Waals surface area contributed by atoms with Crippen LogP contribution in [0.3, 0.4) is 0 Å². The standard InChI is InChI=1S/C17H17NO2/c1-2-11-20-17-10-6-4-7-14(17)12-18-16-9-5-3-8-15(16)13-19/h1,3-10,18-19H,11-13H2. The molecule has 102 valence electrons. The molecule has 2 aromatic rings. The molecule has 0 aliphatic rings. The van der Waals surface area contributed by atoms with Gasteiger partial charge in [-0.1, -0.05) is 42.3 Å². The highest BCUT2D eigenvalue weighted by Crippen LogP contribution is 2.21. The molecular formula is C17H17NO2. The quantitative estimate of drug-likeness (QED) is 0.791. The Morgan fingerprint density at radius 1 is 1.05 bits per heavy atom. The predicted octanol–water partition coefficient (Wildman–Crippen LogP) is 2.80. The van der Waals surface area contributed by atoms with Gasteiger partial charge >= 0.3 is 0 Å². The highest BCUT2D eigenvalue weighted by atomic mass is 16.5. The summed E-state index contributed by atoms with van der Waals surface area (Å²) in [5.41, 5.74) is 2.81. The van der Waals surface area contributed by atoms with E-state index in [4.69, 9.17) is 11.2 Å². The van der Waals surface area contributed by atoms with Crippen LogP contribution in [-0.4, -0.2) is 11.7 Å². The van der Waals surface area contributed by atoms with Crippen molar-refractivity contribution in [3.8, 4) is 18.1 Å². The van der Waals surface area contributed by atoms with Crippen molar-refractivity contribution in [2.45, 2.75) is 13.2 Å². The fraction of sp³-hybridized carbons (Fsp3) is 0.176. The largest absolute Gasteiger partial charge is 0.481 e. The average Bonchev–Trinajstić information content (AvgIpc) is 2.52. The van der Waals surface area contributed by atoms with E-state index in [0.717, 1.165) is 22.6 Å². The number of anilines is 1. The molecule has 0 unspecified atom stereocenters. The van der Waals surface area contributed by atoms with Crippen molar-refractivity contribution < 1.29 is 9.84 Å². The van der Waals surface area contributed by atoms with Crippen molar-refractivity contribution in [2.75, 3.05) is 11.9 Å². The van der Waals surface area contributed by atoms with E-state index >= 15 is 0 Å². The molecule has 0 saturated heterocycles. The van der Waals surface area contributed by atoms with Gasteiger partial charge < -0.3 is 15.2 Å². The van der Waals surface area contributed by atoms with Gasteiger partial charge in [-0.3, -0.25) is 0 Å². The zero-order valence-electron chi connectivity index (χ0n) is 11.2. The second kappa shape index (κ2) is 7.22. The summed E-state index contributed by atoms with van der Waals surface area (Å²) in [5, 5.41) is 12.6. The third kappa shape index (κ3) is 3.53. The maximum Gasteiger partial charge on any atom is 0.148 e. The maximum absolute atomic E-state index is 9.30. The molecule has 0 aliphatic carbocycles. The Morgan fingerprint density at radius 2 is 1.75 bits per heavy atom.